The van der Waals surface area contributed by atoms with Crippen LogP contribution in [0.5, 0.6) is 0 Å². The molecule has 0 aromatic rings. The SMILES string of the molecule is NCCOCC(=O)N1CCCC1C(=O)O. The van der Waals surface area contributed by atoms with Crippen molar-refractivity contribution in [1.82, 2.24) is 4.90 Å². The van der Waals surface area contributed by atoms with Crippen LogP contribution >= 0.6 is 0 Å². The van der Waals surface area contributed by atoms with Crippen LogP contribution in [0.25, 0.3) is 0 Å². The summed E-state index contributed by atoms with van der Waals surface area (Å²) < 4.78 is 4.98. The number of aliphatic carboxylic acids is 1. The second kappa shape index (κ2) is 5.67. The summed E-state index contributed by atoms with van der Waals surface area (Å²) in [5, 5.41) is 8.85. The second-order valence-electron chi connectivity index (χ2n) is 3.42. The molecule has 0 saturated carbocycles. The van der Waals surface area contributed by atoms with Gasteiger partial charge in [0.05, 0.1) is 6.61 Å². The van der Waals surface area contributed by atoms with E-state index in [9.17, 15) is 9.59 Å². The van der Waals surface area contributed by atoms with E-state index in [0.717, 1.165) is 6.42 Å². The van der Waals surface area contributed by atoms with Gasteiger partial charge in [-0.2, -0.15) is 0 Å². The monoisotopic (exact) mass is 216 g/mol. The number of hydrogen-bond acceptors (Lipinski definition) is 4. The lowest BCUT2D eigenvalue weighted by molar-refractivity contribution is -0.150. The molecule has 3 N–H and O–H groups in total. The fourth-order valence-corrected chi connectivity index (χ4v) is 1.65. The second-order valence-corrected chi connectivity index (χ2v) is 3.42. The molecule has 0 spiro atoms. The van der Waals surface area contributed by atoms with Crippen molar-refractivity contribution in [1.29, 1.82) is 0 Å². The van der Waals surface area contributed by atoms with Crippen molar-refractivity contribution in [3.63, 3.8) is 0 Å². The predicted octanol–water partition coefficient (Wildman–Crippen LogP) is -0.963. The molecule has 1 aliphatic heterocycles. The van der Waals surface area contributed by atoms with E-state index in [1.165, 1.54) is 4.90 Å². The molecule has 1 unspecified atom stereocenters. The molecule has 6 nitrogen and oxygen atoms in total. The van der Waals surface area contributed by atoms with Crippen molar-refractivity contribution in [2.75, 3.05) is 26.3 Å². The summed E-state index contributed by atoms with van der Waals surface area (Å²) in [6.07, 6.45) is 1.26. The molecule has 1 rings (SSSR count). The maximum atomic E-state index is 11.5. The molecule has 6 heteroatoms. The smallest absolute Gasteiger partial charge is 0.326 e. The summed E-state index contributed by atoms with van der Waals surface area (Å²) in [4.78, 5) is 23.7. The molecule has 1 saturated heterocycles. The number of nitrogens with two attached hydrogens (primary N) is 1. The molecule has 0 aromatic carbocycles. The van der Waals surface area contributed by atoms with E-state index in [4.69, 9.17) is 15.6 Å². The highest BCUT2D eigenvalue weighted by Gasteiger charge is 2.33. The average molecular weight is 216 g/mol. The molecule has 0 aliphatic carbocycles. The molecule has 1 amide bonds. The molecule has 15 heavy (non-hydrogen) atoms. The Bertz CT molecular complexity index is 244. The predicted molar refractivity (Wildman–Crippen MR) is 52.2 cm³/mol. The zero-order valence-corrected chi connectivity index (χ0v) is 8.52. The Hall–Kier alpha value is -1.14. The Balaban J connectivity index is 2.40. The normalized spacial score (nSPS) is 20.6. The fourth-order valence-electron chi connectivity index (χ4n) is 1.65. The van der Waals surface area contributed by atoms with Gasteiger partial charge in [-0.05, 0) is 12.8 Å². The number of hydrogen-bond donors (Lipinski definition) is 2. The van der Waals surface area contributed by atoms with E-state index in [-0.39, 0.29) is 12.5 Å². The van der Waals surface area contributed by atoms with Gasteiger partial charge in [-0.15, -0.1) is 0 Å². The standard InChI is InChI=1S/C9H16N2O4/c10-3-5-15-6-8(12)11-4-1-2-7(11)9(13)14/h7H,1-6,10H2,(H,13,14). The first-order valence-electron chi connectivity index (χ1n) is 4.97. The zero-order chi connectivity index (χ0) is 11.3. The minimum absolute atomic E-state index is 0.0824. The van der Waals surface area contributed by atoms with E-state index < -0.39 is 12.0 Å². The van der Waals surface area contributed by atoms with Crippen LogP contribution in [0.4, 0.5) is 0 Å². The van der Waals surface area contributed by atoms with Gasteiger partial charge < -0.3 is 20.5 Å². The first-order chi connectivity index (χ1) is 7.16. The Kier molecular flexibility index (Phi) is 4.51. The number of carbonyl (C=O) groups excluding carboxylic acids is 1. The summed E-state index contributed by atoms with van der Waals surface area (Å²) in [5.74, 6) is -1.21. The number of likely N-dealkylation sites (tertiary alicyclic amines) is 1. The maximum Gasteiger partial charge on any atom is 0.326 e. The summed E-state index contributed by atoms with van der Waals surface area (Å²) >= 11 is 0. The van der Waals surface area contributed by atoms with Crippen LogP contribution in [0.3, 0.4) is 0 Å². The highest BCUT2D eigenvalue weighted by Crippen LogP contribution is 2.17. The number of amides is 1. The van der Waals surface area contributed by atoms with Gasteiger partial charge in [0, 0.05) is 13.1 Å². The van der Waals surface area contributed by atoms with E-state index in [1.807, 2.05) is 0 Å². The summed E-state index contributed by atoms with van der Waals surface area (Å²) in [6, 6.07) is -0.682. The van der Waals surface area contributed by atoms with Crippen LogP contribution in [0, 0.1) is 0 Å². The molecule has 0 bridgehead atoms. The topological polar surface area (TPSA) is 92.9 Å². The number of ether oxygens (including phenoxy) is 1. The van der Waals surface area contributed by atoms with Crippen molar-refractivity contribution in [3.8, 4) is 0 Å². The maximum absolute atomic E-state index is 11.5. The van der Waals surface area contributed by atoms with Gasteiger partial charge in [0.25, 0.3) is 0 Å². The first kappa shape index (κ1) is 11.9. The molecule has 86 valence electrons. The lowest BCUT2D eigenvalue weighted by atomic mass is 10.2. The Morgan fingerprint density at radius 2 is 2.27 bits per heavy atom. The fraction of sp³-hybridized carbons (Fsp3) is 0.778. The van der Waals surface area contributed by atoms with Crippen LogP contribution in [0.15, 0.2) is 0 Å². The molecule has 1 heterocycles. The van der Waals surface area contributed by atoms with Crippen LogP contribution in [-0.4, -0.2) is 54.2 Å². The van der Waals surface area contributed by atoms with Crippen molar-refractivity contribution in [2.45, 2.75) is 18.9 Å². The van der Waals surface area contributed by atoms with Gasteiger partial charge in [0.2, 0.25) is 5.91 Å². The van der Waals surface area contributed by atoms with Gasteiger partial charge >= 0.3 is 5.97 Å². The van der Waals surface area contributed by atoms with E-state index in [1.54, 1.807) is 0 Å². The Morgan fingerprint density at radius 1 is 1.53 bits per heavy atom. The highest BCUT2D eigenvalue weighted by atomic mass is 16.5. The van der Waals surface area contributed by atoms with Crippen molar-refractivity contribution >= 4 is 11.9 Å². The van der Waals surface area contributed by atoms with Crippen molar-refractivity contribution < 1.29 is 19.4 Å². The number of carbonyl (C=O) groups is 2. The third-order valence-electron chi connectivity index (χ3n) is 2.35. The molecule has 1 fully saturated rings. The van der Waals surface area contributed by atoms with Gasteiger partial charge in [0.1, 0.15) is 12.6 Å². The van der Waals surface area contributed by atoms with E-state index in [2.05, 4.69) is 0 Å². The Labute approximate surface area is 88.0 Å². The van der Waals surface area contributed by atoms with Crippen molar-refractivity contribution in [2.24, 2.45) is 5.73 Å². The highest BCUT2D eigenvalue weighted by molar-refractivity contribution is 5.84. The molecular formula is C9H16N2O4. The zero-order valence-electron chi connectivity index (χ0n) is 8.52. The van der Waals surface area contributed by atoms with Gasteiger partial charge in [-0.25, -0.2) is 4.79 Å². The number of carboxylic acid groups (broad SMARTS) is 1. The number of nitrogens with zero attached hydrogens (tertiary/aromatic N) is 1. The Morgan fingerprint density at radius 3 is 2.87 bits per heavy atom. The number of carboxylic acids is 1. The van der Waals surface area contributed by atoms with Gasteiger partial charge in [0.15, 0.2) is 0 Å². The molecule has 0 radical (unpaired) electrons. The average Bonchev–Trinajstić information content (AvgIpc) is 2.66. The van der Waals surface area contributed by atoms with Crippen LogP contribution in [0.2, 0.25) is 0 Å². The van der Waals surface area contributed by atoms with E-state index in [0.29, 0.717) is 26.1 Å². The summed E-state index contributed by atoms with van der Waals surface area (Å²) in [5.41, 5.74) is 5.20. The molecule has 1 aliphatic rings. The molecule has 1 atom stereocenters. The van der Waals surface area contributed by atoms with Gasteiger partial charge in [-0.3, -0.25) is 4.79 Å². The first-order valence-corrected chi connectivity index (χ1v) is 4.97. The summed E-state index contributed by atoms with van der Waals surface area (Å²) in [6.45, 7) is 1.09. The van der Waals surface area contributed by atoms with Crippen LogP contribution in [-0.2, 0) is 14.3 Å². The van der Waals surface area contributed by atoms with Crippen LogP contribution < -0.4 is 5.73 Å². The van der Waals surface area contributed by atoms with Crippen LogP contribution in [0.1, 0.15) is 12.8 Å². The number of rotatable bonds is 5. The lowest BCUT2D eigenvalue weighted by Gasteiger charge is -2.21. The summed E-state index contributed by atoms with van der Waals surface area (Å²) in [7, 11) is 0. The third kappa shape index (κ3) is 3.17. The molecular weight excluding hydrogens is 200 g/mol. The lowest BCUT2D eigenvalue weighted by Crippen LogP contribution is -2.42. The quantitative estimate of drug-likeness (QED) is 0.577. The van der Waals surface area contributed by atoms with Crippen molar-refractivity contribution in [3.05, 3.63) is 0 Å². The molecule has 0 aromatic heterocycles. The largest absolute Gasteiger partial charge is 0.480 e. The third-order valence-corrected chi connectivity index (χ3v) is 2.35. The minimum atomic E-state index is -0.945. The van der Waals surface area contributed by atoms with E-state index >= 15 is 0 Å². The van der Waals surface area contributed by atoms with Gasteiger partial charge in [-0.1, -0.05) is 0 Å². The minimum Gasteiger partial charge on any atom is -0.480 e.